The lowest BCUT2D eigenvalue weighted by atomic mass is 10.2. The van der Waals surface area contributed by atoms with Crippen molar-refractivity contribution >= 4 is 15.8 Å². The number of aromatic nitrogens is 1. The highest BCUT2D eigenvalue weighted by atomic mass is 32.2. The summed E-state index contributed by atoms with van der Waals surface area (Å²) >= 11 is 0. The van der Waals surface area contributed by atoms with Gasteiger partial charge in [-0.2, -0.15) is 4.31 Å². The lowest BCUT2D eigenvalue weighted by Crippen LogP contribution is -2.46. The Morgan fingerprint density at radius 1 is 1.04 bits per heavy atom. The van der Waals surface area contributed by atoms with Gasteiger partial charge in [-0.3, -0.25) is 4.90 Å². The first-order valence-electron chi connectivity index (χ1n) is 8.98. The van der Waals surface area contributed by atoms with Crippen molar-refractivity contribution in [1.82, 2.24) is 14.2 Å². The highest BCUT2D eigenvalue weighted by Gasteiger charge is 2.26. The molecule has 7 heteroatoms. The Morgan fingerprint density at radius 3 is 2.36 bits per heavy atom. The van der Waals surface area contributed by atoms with Crippen LogP contribution in [0.4, 0.5) is 5.82 Å². The number of hydrogen-bond donors (Lipinski definition) is 0. The van der Waals surface area contributed by atoms with E-state index in [1.807, 2.05) is 6.07 Å². The minimum absolute atomic E-state index is 0.297. The van der Waals surface area contributed by atoms with E-state index in [2.05, 4.69) is 20.7 Å². The quantitative estimate of drug-likeness (QED) is 0.741. The van der Waals surface area contributed by atoms with E-state index in [0.717, 1.165) is 64.2 Å². The molecule has 0 N–H and O–H groups in total. The summed E-state index contributed by atoms with van der Waals surface area (Å²) in [6.45, 7) is 5.85. The Labute approximate surface area is 150 Å². The van der Waals surface area contributed by atoms with Gasteiger partial charge >= 0.3 is 0 Å². The first-order chi connectivity index (χ1) is 12.1. The molecule has 2 fully saturated rings. The molecule has 0 aliphatic carbocycles. The largest absolute Gasteiger partial charge is 0.354 e. The van der Waals surface area contributed by atoms with Crippen LogP contribution in [-0.2, 0) is 10.0 Å². The van der Waals surface area contributed by atoms with Gasteiger partial charge in [0.1, 0.15) is 10.7 Å². The number of sulfonamides is 1. The van der Waals surface area contributed by atoms with Crippen molar-refractivity contribution < 1.29 is 8.42 Å². The number of nitrogens with zero attached hydrogens (tertiary/aromatic N) is 4. The van der Waals surface area contributed by atoms with E-state index in [1.54, 1.807) is 10.4 Å². The summed E-state index contributed by atoms with van der Waals surface area (Å²) in [7, 11) is -3.40. The average molecular weight is 362 g/mol. The van der Waals surface area contributed by atoms with Gasteiger partial charge < -0.3 is 4.90 Å². The maximum Gasteiger partial charge on any atom is 0.244 e. The van der Waals surface area contributed by atoms with Crippen molar-refractivity contribution in [3.05, 3.63) is 18.3 Å². The number of piperidine rings is 1. The number of hydrogen-bond acceptors (Lipinski definition) is 5. The van der Waals surface area contributed by atoms with Gasteiger partial charge in [0.15, 0.2) is 0 Å². The van der Waals surface area contributed by atoms with Gasteiger partial charge in [-0.05, 0) is 25.0 Å². The molecule has 2 aliphatic rings. The molecule has 0 amide bonds. The van der Waals surface area contributed by atoms with Gasteiger partial charge in [0, 0.05) is 58.4 Å². The minimum Gasteiger partial charge on any atom is -0.354 e. The molecule has 2 aliphatic heterocycles. The molecule has 6 nitrogen and oxygen atoms in total. The summed E-state index contributed by atoms with van der Waals surface area (Å²) in [6, 6.07) is 3.52. The fraction of sp³-hybridized carbons (Fsp3) is 0.611. The smallest absolute Gasteiger partial charge is 0.244 e. The Bertz CT molecular complexity index is 698. The van der Waals surface area contributed by atoms with Crippen LogP contribution in [-0.4, -0.2) is 68.4 Å². The van der Waals surface area contributed by atoms with Crippen molar-refractivity contribution in [2.24, 2.45) is 0 Å². The zero-order valence-corrected chi connectivity index (χ0v) is 15.4. The molecule has 0 bridgehead atoms. The number of piperazine rings is 1. The summed E-state index contributed by atoms with van der Waals surface area (Å²) < 4.78 is 26.9. The maximum absolute atomic E-state index is 12.7. The molecular formula is C18H26N4O2S. The first kappa shape index (κ1) is 18.2. The van der Waals surface area contributed by atoms with E-state index in [0.29, 0.717) is 18.0 Å². The molecule has 0 aromatic carbocycles. The second-order valence-electron chi connectivity index (χ2n) is 6.60. The number of pyridine rings is 1. The molecule has 25 heavy (non-hydrogen) atoms. The highest BCUT2D eigenvalue weighted by Crippen LogP contribution is 2.22. The van der Waals surface area contributed by atoms with E-state index in [4.69, 9.17) is 6.42 Å². The molecule has 136 valence electrons. The van der Waals surface area contributed by atoms with E-state index in [1.165, 1.54) is 6.20 Å². The van der Waals surface area contributed by atoms with Crippen LogP contribution in [0.15, 0.2) is 23.2 Å². The van der Waals surface area contributed by atoms with Gasteiger partial charge in [0.05, 0.1) is 0 Å². The molecule has 0 saturated carbocycles. The molecule has 0 radical (unpaired) electrons. The monoisotopic (exact) mass is 362 g/mol. The number of anilines is 1. The topological polar surface area (TPSA) is 56.8 Å². The molecular weight excluding hydrogens is 336 g/mol. The third-order valence-corrected chi connectivity index (χ3v) is 6.82. The predicted molar refractivity (Wildman–Crippen MR) is 98.9 cm³/mol. The molecule has 0 spiro atoms. The standard InChI is InChI=1S/C18H26N4O2S/c1-2-3-9-20-12-14-21(15-13-20)18-8-7-17(16-19-18)25(23,24)22-10-5-4-6-11-22/h1,7-8,16H,3-6,9-15H2. The first-order valence-corrected chi connectivity index (χ1v) is 10.4. The van der Waals surface area contributed by atoms with Crippen molar-refractivity contribution in [2.75, 3.05) is 50.7 Å². The van der Waals surface area contributed by atoms with E-state index in [-0.39, 0.29) is 0 Å². The lowest BCUT2D eigenvalue weighted by Gasteiger charge is -2.35. The molecule has 3 heterocycles. The van der Waals surface area contributed by atoms with Crippen LogP contribution in [0, 0.1) is 12.3 Å². The fourth-order valence-corrected chi connectivity index (χ4v) is 4.85. The van der Waals surface area contributed by atoms with Crippen LogP contribution in [0.1, 0.15) is 25.7 Å². The van der Waals surface area contributed by atoms with Crippen LogP contribution in [0.2, 0.25) is 0 Å². The lowest BCUT2D eigenvalue weighted by molar-refractivity contribution is 0.263. The van der Waals surface area contributed by atoms with Gasteiger partial charge in [-0.25, -0.2) is 13.4 Å². The second kappa shape index (κ2) is 8.17. The molecule has 0 atom stereocenters. The van der Waals surface area contributed by atoms with Gasteiger partial charge in [-0.15, -0.1) is 12.3 Å². The zero-order valence-electron chi connectivity index (χ0n) is 14.6. The second-order valence-corrected chi connectivity index (χ2v) is 8.54. The molecule has 1 aromatic rings. The molecule has 1 aromatic heterocycles. The Kier molecular flexibility index (Phi) is 5.94. The Morgan fingerprint density at radius 2 is 1.76 bits per heavy atom. The van der Waals surface area contributed by atoms with E-state index >= 15 is 0 Å². The third kappa shape index (κ3) is 4.32. The van der Waals surface area contributed by atoms with Crippen LogP contribution < -0.4 is 4.90 Å². The fourth-order valence-electron chi connectivity index (χ4n) is 3.39. The van der Waals surface area contributed by atoms with Crippen LogP contribution in [0.5, 0.6) is 0 Å². The average Bonchev–Trinajstić information content (AvgIpc) is 2.67. The molecule has 3 rings (SSSR count). The van der Waals surface area contributed by atoms with Gasteiger partial charge in [-0.1, -0.05) is 6.42 Å². The number of rotatable bonds is 5. The molecule has 0 unspecified atom stereocenters. The van der Waals surface area contributed by atoms with Crippen LogP contribution in [0.25, 0.3) is 0 Å². The Hall–Kier alpha value is -1.62. The van der Waals surface area contributed by atoms with Crippen molar-refractivity contribution in [1.29, 1.82) is 0 Å². The van der Waals surface area contributed by atoms with Crippen LogP contribution in [0.3, 0.4) is 0 Å². The summed E-state index contributed by atoms with van der Waals surface area (Å²) in [5, 5.41) is 0. The Balaban J connectivity index is 1.62. The third-order valence-electron chi connectivity index (χ3n) is 4.94. The van der Waals surface area contributed by atoms with Gasteiger partial charge in [0.25, 0.3) is 0 Å². The summed E-state index contributed by atoms with van der Waals surface area (Å²) in [6.07, 6.45) is 10.6. The van der Waals surface area contributed by atoms with Gasteiger partial charge in [0.2, 0.25) is 10.0 Å². The van der Waals surface area contributed by atoms with E-state index < -0.39 is 10.0 Å². The SMILES string of the molecule is C#CCCN1CCN(c2ccc(S(=O)(=O)N3CCCCC3)cn2)CC1. The minimum atomic E-state index is -3.40. The summed E-state index contributed by atoms with van der Waals surface area (Å²) in [5.74, 6) is 3.52. The van der Waals surface area contributed by atoms with Crippen molar-refractivity contribution in [2.45, 2.75) is 30.6 Å². The predicted octanol–water partition coefficient (Wildman–Crippen LogP) is 1.40. The van der Waals surface area contributed by atoms with Crippen molar-refractivity contribution in [3.8, 4) is 12.3 Å². The van der Waals surface area contributed by atoms with Crippen LogP contribution >= 0.6 is 0 Å². The zero-order chi connectivity index (χ0) is 17.7. The highest BCUT2D eigenvalue weighted by molar-refractivity contribution is 7.89. The number of terminal acetylenes is 1. The van der Waals surface area contributed by atoms with Crippen molar-refractivity contribution in [3.63, 3.8) is 0 Å². The maximum atomic E-state index is 12.7. The molecule has 2 saturated heterocycles. The normalized spacial score (nSPS) is 20.4. The summed E-state index contributed by atoms with van der Waals surface area (Å²) in [5.41, 5.74) is 0. The van der Waals surface area contributed by atoms with E-state index in [9.17, 15) is 8.42 Å². The summed E-state index contributed by atoms with van der Waals surface area (Å²) in [4.78, 5) is 9.27.